The maximum absolute atomic E-state index is 6.05. The van der Waals surface area contributed by atoms with Gasteiger partial charge in [0.1, 0.15) is 6.54 Å². The highest BCUT2D eigenvalue weighted by Gasteiger charge is 2.17. The number of benzene rings is 1. The number of hydrogen-bond acceptors (Lipinski definition) is 4. The van der Waals surface area contributed by atoms with Crippen LogP contribution in [0, 0.1) is 5.92 Å². The van der Waals surface area contributed by atoms with Gasteiger partial charge >= 0.3 is 0 Å². The minimum Gasteiger partial charge on any atom is -0.370 e. The summed E-state index contributed by atoms with van der Waals surface area (Å²) in [7, 11) is 0. The zero-order valence-corrected chi connectivity index (χ0v) is 16.6. The molecule has 0 atom stereocenters. The van der Waals surface area contributed by atoms with Gasteiger partial charge in [-0.15, -0.1) is 24.0 Å². The number of halogens is 2. The van der Waals surface area contributed by atoms with Crippen LogP contribution in [0.15, 0.2) is 33.8 Å². The van der Waals surface area contributed by atoms with Crippen molar-refractivity contribution < 1.29 is 4.52 Å². The molecule has 1 saturated heterocycles. The van der Waals surface area contributed by atoms with Gasteiger partial charge in [0.25, 0.3) is 0 Å². The number of rotatable bonds is 3. The Labute approximate surface area is 163 Å². The molecule has 6 nitrogen and oxygen atoms in total. The van der Waals surface area contributed by atoms with E-state index in [0.717, 1.165) is 37.4 Å². The highest BCUT2D eigenvalue weighted by molar-refractivity contribution is 14.0. The Morgan fingerprint density at radius 2 is 2.00 bits per heavy atom. The van der Waals surface area contributed by atoms with Crippen molar-refractivity contribution in [1.29, 1.82) is 0 Å². The van der Waals surface area contributed by atoms with E-state index in [2.05, 4.69) is 27.0 Å². The number of guanidine groups is 1. The quantitative estimate of drug-likeness (QED) is 0.429. The molecule has 0 unspecified atom stereocenters. The zero-order chi connectivity index (χ0) is 16.2. The molecular formula is C16H21ClIN5O. The predicted molar refractivity (Wildman–Crippen MR) is 105 cm³/mol. The van der Waals surface area contributed by atoms with Gasteiger partial charge in [0, 0.05) is 23.7 Å². The van der Waals surface area contributed by atoms with Crippen molar-refractivity contribution in [3.8, 4) is 11.4 Å². The van der Waals surface area contributed by atoms with Crippen LogP contribution in [-0.4, -0.2) is 34.1 Å². The highest BCUT2D eigenvalue weighted by Crippen LogP contribution is 2.19. The summed E-state index contributed by atoms with van der Waals surface area (Å²) in [6.07, 6.45) is 2.30. The molecule has 1 fully saturated rings. The first-order chi connectivity index (χ1) is 11.1. The van der Waals surface area contributed by atoms with Crippen molar-refractivity contribution in [1.82, 2.24) is 15.0 Å². The topological polar surface area (TPSA) is 80.5 Å². The number of nitrogens with zero attached hydrogens (tertiary/aromatic N) is 4. The van der Waals surface area contributed by atoms with Crippen LogP contribution in [0.4, 0.5) is 0 Å². The maximum Gasteiger partial charge on any atom is 0.248 e. The first-order valence-electron chi connectivity index (χ1n) is 7.75. The molecule has 0 spiro atoms. The minimum absolute atomic E-state index is 0. The smallest absolute Gasteiger partial charge is 0.248 e. The van der Waals surface area contributed by atoms with Gasteiger partial charge in [0.05, 0.1) is 0 Å². The lowest BCUT2D eigenvalue weighted by atomic mass is 10.00. The second kappa shape index (κ2) is 8.66. The largest absolute Gasteiger partial charge is 0.370 e. The van der Waals surface area contributed by atoms with Crippen molar-refractivity contribution >= 4 is 41.5 Å². The second-order valence-corrected chi connectivity index (χ2v) is 6.30. The molecule has 130 valence electrons. The number of aliphatic imine (C=N–C) groups is 1. The lowest BCUT2D eigenvalue weighted by Gasteiger charge is -2.30. The molecule has 0 bridgehead atoms. The number of piperidine rings is 1. The van der Waals surface area contributed by atoms with Crippen LogP contribution in [0.3, 0.4) is 0 Å². The molecule has 0 amide bonds. The van der Waals surface area contributed by atoms with Gasteiger partial charge in [0.15, 0.2) is 5.96 Å². The van der Waals surface area contributed by atoms with Gasteiger partial charge in [-0.3, -0.25) is 0 Å². The van der Waals surface area contributed by atoms with E-state index in [1.165, 1.54) is 0 Å². The van der Waals surface area contributed by atoms with E-state index in [9.17, 15) is 0 Å². The molecule has 1 aliphatic rings. The van der Waals surface area contributed by atoms with Gasteiger partial charge in [-0.25, -0.2) is 4.99 Å². The SMILES string of the molecule is CC1CCN(C(N)=NCc2nc(-c3ccc(Cl)cc3)no2)CC1.I. The molecule has 2 N–H and O–H groups in total. The van der Waals surface area contributed by atoms with Gasteiger partial charge < -0.3 is 15.2 Å². The third-order valence-corrected chi connectivity index (χ3v) is 4.31. The summed E-state index contributed by atoms with van der Waals surface area (Å²) in [6, 6.07) is 7.29. The summed E-state index contributed by atoms with van der Waals surface area (Å²) < 4.78 is 5.23. The molecule has 2 aromatic rings. The Morgan fingerprint density at radius 1 is 1.33 bits per heavy atom. The monoisotopic (exact) mass is 461 g/mol. The average molecular weight is 462 g/mol. The van der Waals surface area contributed by atoms with Crippen molar-refractivity contribution in [2.45, 2.75) is 26.3 Å². The molecule has 0 saturated carbocycles. The van der Waals surface area contributed by atoms with E-state index in [4.69, 9.17) is 21.9 Å². The second-order valence-electron chi connectivity index (χ2n) is 5.86. The van der Waals surface area contributed by atoms with Crippen LogP contribution in [0.1, 0.15) is 25.7 Å². The maximum atomic E-state index is 6.05. The van der Waals surface area contributed by atoms with Crippen molar-refractivity contribution in [3.63, 3.8) is 0 Å². The van der Waals surface area contributed by atoms with E-state index in [1.807, 2.05) is 12.1 Å². The Bertz CT molecular complexity index is 680. The van der Waals surface area contributed by atoms with Gasteiger partial charge in [-0.2, -0.15) is 4.98 Å². The lowest BCUT2D eigenvalue weighted by molar-refractivity contribution is 0.277. The summed E-state index contributed by atoms with van der Waals surface area (Å²) >= 11 is 5.87. The Kier molecular flexibility index (Phi) is 6.85. The fourth-order valence-electron chi connectivity index (χ4n) is 2.52. The van der Waals surface area contributed by atoms with Crippen molar-refractivity contribution in [2.24, 2.45) is 16.6 Å². The molecule has 3 rings (SSSR count). The first kappa shape index (κ1) is 19.0. The Morgan fingerprint density at radius 3 is 2.67 bits per heavy atom. The predicted octanol–water partition coefficient (Wildman–Crippen LogP) is 3.55. The fraction of sp³-hybridized carbons (Fsp3) is 0.438. The summed E-state index contributed by atoms with van der Waals surface area (Å²) in [5, 5.41) is 4.64. The number of likely N-dealkylation sites (tertiary alicyclic amines) is 1. The Hall–Kier alpha value is -1.35. The molecule has 2 heterocycles. The molecule has 1 aliphatic heterocycles. The van der Waals surface area contributed by atoms with Crippen LogP contribution < -0.4 is 5.73 Å². The molecule has 1 aromatic carbocycles. The lowest BCUT2D eigenvalue weighted by Crippen LogP contribution is -2.42. The average Bonchev–Trinajstić information content (AvgIpc) is 3.03. The summed E-state index contributed by atoms with van der Waals surface area (Å²) in [4.78, 5) is 10.8. The normalized spacial score (nSPS) is 16.1. The van der Waals surface area contributed by atoms with Crippen LogP contribution in [0.25, 0.3) is 11.4 Å². The highest BCUT2D eigenvalue weighted by atomic mass is 127. The molecule has 24 heavy (non-hydrogen) atoms. The van der Waals surface area contributed by atoms with E-state index in [-0.39, 0.29) is 24.0 Å². The summed E-state index contributed by atoms with van der Waals surface area (Å²) in [6.45, 7) is 4.46. The zero-order valence-electron chi connectivity index (χ0n) is 13.5. The van der Waals surface area contributed by atoms with Crippen molar-refractivity contribution in [2.75, 3.05) is 13.1 Å². The van der Waals surface area contributed by atoms with E-state index in [1.54, 1.807) is 12.1 Å². The molecular weight excluding hydrogens is 441 g/mol. The van der Waals surface area contributed by atoms with Gasteiger partial charge in [-0.05, 0) is 43.0 Å². The number of hydrogen-bond donors (Lipinski definition) is 1. The van der Waals surface area contributed by atoms with E-state index in [0.29, 0.717) is 29.2 Å². The van der Waals surface area contributed by atoms with Crippen LogP contribution in [-0.2, 0) is 6.54 Å². The minimum atomic E-state index is 0. The van der Waals surface area contributed by atoms with Crippen LogP contribution in [0.2, 0.25) is 5.02 Å². The molecule has 1 aromatic heterocycles. The standard InChI is InChI=1S/C16H20ClN5O.HI/c1-11-6-8-22(9-7-11)16(18)19-10-14-20-15(21-23-14)12-2-4-13(17)5-3-12;/h2-5,11H,6-10H2,1H3,(H2,18,19);1H. The summed E-state index contributed by atoms with van der Waals surface area (Å²) in [5.41, 5.74) is 6.90. The number of nitrogens with two attached hydrogens (primary N) is 1. The fourth-order valence-corrected chi connectivity index (χ4v) is 2.65. The van der Waals surface area contributed by atoms with E-state index < -0.39 is 0 Å². The van der Waals surface area contributed by atoms with E-state index >= 15 is 0 Å². The third-order valence-electron chi connectivity index (χ3n) is 4.05. The van der Waals surface area contributed by atoms with Crippen molar-refractivity contribution in [3.05, 3.63) is 35.2 Å². The van der Waals surface area contributed by atoms with Gasteiger partial charge in [0.2, 0.25) is 11.7 Å². The summed E-state index contributed by atoms with van der Waals surface area (Å²) in [5.74, 6) is 2.28. The number of aromatic nitrogens is 2. The van der Waals surface area contributed by atoms with Crippen LogP contribution >= 0.6 is 35.6 Å². The molecule has 8 heteroatoms. The van der Waals surface area contributed by atoms with Gasteiger partial charge in [-0.1, -0.05) is 23.7 Å². The molecule has 0 aliphatic carbocycles. The van der Waals surface area contributed by atoms with Crippen LogP contribution in [0.5, 0.6) is 0 Å². The first-order valence-corrected chi connectivity index (χ1v) is 8.13. The third kappa shape index (κ3) is 4.83. The Balaban J connectivity index is 0.00000208. The molecule has 0 radical (unpaired) electrons.